The van der Waals surface area contributed by atoms with Crippen molar-refractivity contribution in [2.45, 2.75) is 12.8 Å². The first-order valence-corrected chi connectivity index (χ1v) is 5.67. The van der Waals surface area contributed by atoms with E-state index in [0.29, 0.717) is 16.5 Å². The average molecular weight is 247 g/mol. The Kier molecular flexibility index (Phi) is 4.94. The van der Waals surface area contributed by atoms with Gasteiger partial charge in [0.05, 0.1) is 17.4 Å². The highest BCUT2D eigenvalue weighted by molar-refractivity contribution is 7.14. The van der Waals surface area contributed by atoms with Gasteiger partial charge in [-0.25, -0.2) is 0 Å². The lowest BCUT2D eigenvalue weighted by Gasteiger charge is -1.98. The monoisotopic (exact) mass is 246 g/mol. The summed E-state index contributed by atoms with van der Waals surface area (Å²) < 4.78 is 5.31. The van der Waals surface area contributed by atoms with Gasteiger partial charge in [-0.2, -0.15) is 0 Å². The molecule has 0 bridgehead atoms. The number of halogens is 1. The lowest BCUT2D eigenvalue weighted by atomic mass is 10.1. The van der Waals surface area contributed by atoms with E-state index in [0.717, 1.165) is 0 Å². The van der Waals surface area contributed by atoms with Gasteiger partial charge >= 0.3 is 0 Å². The minimum absolute atomic E-state index is 0.0730. The van der Waals surface area contributed by atoms with Crippen molar-refractivity contribution in [3.63, 3.8) is 0 Å². The Bertz CT molecular complexity index is 359. The Morgan fingerprint density at radius 3 is 2.80 bits per heavy atom. The van der Waals surface area contributed by atoms with Gasteiger partial charge in [0.1, 0.15) is 5.78 Å². The molecule has 5 heteroatoms. The first-order chi connectivity index (χ1) is 7.13. The van der Waals surface area contributed by atoms with Crippen molar-refractivity contribution in [3.8, 4) is 0 Å². The maximum atomic E-state index is 11.5. The molecule has 0 aliphatic heterocycles. The molecule has 0 saturated carbocycles. The molecule has 1 aromatic heterocycles. The molecule has 1 rings (SSSR count). The number of ether oxygens (including phenoxy) is 1. The average Bonchev–Trinajstić information content (AvgIpc) is 2.61. The van der Waals surface area contributed by atoms with E-state index < -0.39 is 0 Å². The van der Waals surface area contributed by atoms with Gasteiger partial charge in [0.15, 0.2) is 5.78 Å². The molecule has 0 spiro atoms. The van der Waals surface area contributed by atoms with Crippen molar-refractivity contribution in [1.29, 1.82) is 0 Å². The van der Waals surface area contributed by atoms with E-state index >= 15 is 0 Å². The van der Waals surface area contributed by atoms with Crippen LogP contribution in [0.4, 0.5) is 0 Å². The maximum absolute atomic E-state index is 11.5. The fourth-order valence-electron chi connectivity index (χ4n) is 1.04. The zero-order chi connectivity index (χ0) is 11.3. The molecule has 0 radical (unpaired) electrons. The SMILES string of the molecule is COCCC(=O)CC(=O)c1csc(Cl)c1. The number of ketones is 2. The third-order valence-corrected chi connectivity index (χ3v) is 2.92. The van der Waals surface area contributed by atoms with E-state index in [4.69, 9.17) is 16.3 Å². The zero-order valence-corrected chi connectivity index (χ0v) is 9.86. The number of rotatable bonds is 6. The molecule has 0 N–H and O–H groups in total. The van der Waals surface area contributed by atoms with Gasteiger partial charge in [-0.1, -0.05) is 11.6 Å². The van der Waals surface area contributed by atoms with Crippen molar-refractivity contribution in [2.75, 3.05) is 13.7 Å². The number of carbonyl (C=O) groups is 2. The predicted octanol–water partition coefficient (Wildman–Crippen LogP) is 2.58. The molecule has 1 heterocycles. The first kappa shape index (κ1) is 12.4. The first-order valence-electron chi connectivity index (χ1n) is 4.41. The van der Waals surface area contributed by atoms with Crippen LogP contribution < -0.4 is 0 Å². The number of thiophene rings is 1. The number of carbonyl (C=O) groups excluding carboxylic acids is 2. The fraction of sp³-hybridized carbons (Fsp3) is 0.400. The Morgan fingerprint density at radius 2 is 2.27 bits per heavy atom. The highest BCUT2D eigenvalue weighted by Crippen LogP contribution is 2.21. The molecule has 0 aliphatic carbocycles. The lowest BCUT2D eigenvalue weighted by Crippen LogP contribution is -2.09. The van der Waals surface area contributed by atoms with Crippen LogP contribution in [0.5, 0.6) is 0 Å². The van der Waals surface area contributed by atoms with Crippen LogP contribution in [-0.4, -0.2) is 25.3 Å². The van der Waals surface area contributed by atoms with Crippen LogP contribution in [0.3, 0.4) is 0 Å². The number of methoxy groups -OCH3 is 1. The topological polar surface area (TPSA) is 43.4 Å². The number of Topliss-reactive ketones (excluding diaryl/α,β-unsaturated/α-hetero) is 2. The molecule has 0 aromatic carbocycles. The summed E-state index contributed by atoms with van der Waals surface area (Å²) >= 11 is 6.97. The normalized spacial score (nSPS) is 10.3. The molecule has 82 valence electrons. The van der Waals surface area contributed by atoms with E-state index in [-0.39, 0.29) is 24.4 Å². The Balaban J connectivity index is 2.45. The fourth-order valence-corrected chi connectivity index (χ4v) is 1.93. The van der Waals surface area contributed by atoms with Gasteiger partial charge in [-0.3, -0.25) is 9.59 Å². The molecule has 0 unspecified atom stereocenters. The highest BCUT2D eigenvalue weighted by atomic mass is 35.5. The lowest BCUT2D eigenvalue weighted by molar-refractivity contribution is -0.119. The summed E-state index contributed by atoms with van der Waals surface area (Å²) in [5.74, 6) is -0.288. The largest absolute Gasteiger partial charge is 0.384 e. The van der Waals surface area contributed by atoms with Crippen molar-refractivity contribution in [3.05, 3.63) is 21.3 Å². The van der Waals surface area contributed by atoms with Crippen LogP contribution in [-0.2, 0) is 9.53 Å². The van der Waals surface area contributed by atoms with Crippen molar-refractivity contribution < 1.29 is 14.3 Å². The molecular formula is C10H11ClO3S. The summed E-state index contributed by atoms with van der Waals surface area (Å²) in [5, 5.41) is 1.66. The zero-order valence-electron chi connectivity index (χ0n) is 8.29. The van der Waals surface area contributed by atoms with E-state index in [9.17, 15) is 9.59 Å². The van der Waals surface area contributed by atoms with E-state index in [1.807, 2.05) is 0 Å². The Labute approximate surface area is 97.0 Å². The summed E-state index contributed by atoms with van der Waals surface area (Å²) in [7, 11) is 1.52. The molecule has 0 fully saturated rings. The van der Waals surface area contributed by atoms with Crippen LogP contribution >= 0.6 is 22.9 Å². The third-order valence-electron chi connectivity index (χ3n) is 1.83. The molecular weight excluding hydrogens is 236 g/mol. The second-order valence-corrected chi connectivity index (χ2v) is 4.56. The van der Waals surface area contributed by atoms with E-state index in [1.54, 1.807) is 11.4 Å². The van der Waals surface area contributed by atoms with Crippen LogP contribution in [0.1, 0.15) is 23.2 Å². The van der Waals surface area contributed by atoms with Gasteiger partial charge in [0.25, 0.3) is 0 Å². The summed E-state index contributed by atoms with van der Waals surface area (Å²) in [6, 6.07) is 1.58. The van der Waals surface area contributed by atoms with Crippen molar-refractivity contribution >= 4 is 34.5 Å². The number of hydrogen-bond donors (Lipinski definition) is 0. The van der Waals surface area contributed by atoms with Crippen LogP contribution in [0.15, 0.2) is 11.4 Å². The standard InChI is InChI=1S/C10H11ClO3S/c1-14-3-2-8(12)5-9(13)7-4-10(11)15-6-7/h4,6H,2-3,5H2,1H3. The van der Waals surface area contributed by atoms with E-state index in [1.165, 1.54) is 18.4 Å². The van der Waals surface area contributed by atoms with Crippen molar-refractivity contribution in [2.24, 2.45) is 0 Å². The quantitative estimate of drug-likeness (QED) is 0.572. The maximum Gasteiger partial charge on any atom is 0.171 e. The molecule has 0 saturated heterocycles. The molecule has 1 aromatic rings. The third kappa shape index (κ3) is 4.11. The minimum Gasteiger partial charge on any atom is -0.384 e. The van der Waals surface area contributed by atoms with Crippen LogP contribution in [0.2, 0.25) is 4.34 Å². The molecule has 0 amide bonds. The molecule has 15 heavy (non-hydrogen) atoms. The van der Waals surface area contributed by atoms with Gasteiger partial charge in [-0.15, -0.1) is 11.3 Å². The van der Waals surface area contributed by atoms with Gasteiger partial charge in [0.2, 0.25) is 0 Å². The van der Waals surface area contributed by atoms with E-state index in [2.05, 4.69) is 0 Å². The Hall–Kier alpha value is -0.710. The van der Waals surface area contributed by atoms with Crippen LogP contribution in [0.25, 0.3) is 0 Å². The van der Waals surface area contributed by atoms with Gasteiger partial charge in [-0.05, 0) is 6.07 Å². The summed E-state index contributed by atoms with van der Waals surface area (Å²) in [4.78, 5) is 22.8. The summed E-state index contributed by atoms with van der Waals surface area (Å²) in [5.41, 5.74) is 0.510. The van der Waals surface area contributed by atoms with Gasteiger partial charge in [0, 0.05) is 24.5 Å². The summed E-state index contributed by atoms with van der Waals surface area (Å²) in [6.45, 7) is 0.358. The smallest absolute Gasteiger partial charge is 0.171 e. The number of hydrogen-bond acceptors (Lipinski definition) is 4. The summed E-state index contributed by atoms with van der Waals surface area (Å²) in [6.07, 6.45) is 0.205. The van der Waals surface area contributed by atoms with Gasteiger partial charge < -0.3 is 4.74 Å². The van der Waals surface area contributed by atoms with Crippen LogP contribution in [0, 0.1) is 0 Å². The molecule has 0 atom stereocenters. The Morgan fingerprint density at radius 1 is 1.53 bits per heavy atom. The minimum atomic E-state index is -0.181. The molecule has 3 nitrogen and oxygen atoms in total. The molecule has 0 aliphatic rings. The predicted molar refractivity (Wildman–Crippen MR) is 59.8 cm³/mol. The second-order valence-electron chi connectivity index (χ2n) is 3.02. The van der Waals surface area contributed by atoms with Crippen molar-refractivity contribution in [1.82, 2.24) is 0 Å². The second kappa shape index (κ2) is 6.00. The highest BCUT2D eigenvalue weighted by Gasteiger charge is 2.12.